The Morgan fingerprint density at radius 3 is 2.88 bits per heavy atom. The highest BCUT2D eigenvalue weighted by atomic mass is 35.5. The Morgan fingerprint density at radius 2 is 2.19 bits per heavy atom. The van der Waals surface area contributed by atoms with E-state index in [-0.39, 0.29) is 0 Å². The molecule has 0 amide bonds. The Balaban J connectivity index is 2.54. The Kier molecular flexibility index (Phi) is 2.92. The van der Waals surface area contributed by atoms with Crippen molar-refractivity contribution in [2.24, 2.45) is 4.99 Å². The van der Waals surface area contributed by atoms with E-state index in [1.807, 2.05) is 18.2 Å². The second-order valence-corrected chi connectivity index (χ2v) is 3.64. The van der Waals surface area contributed by atoms with Gasteiger partial charge in [-0.1, -0.05) is 23.7 Å². The lowest BCUT2D eigenvalue weighted by Gasteiger charge is -2.05. The third-order valence-electron chi connectivity index (χ3n) is 2.19. The Morgan fingerprint density at radius 1 is 1.44 bits per heavy atom. The van der Waals surface area contributed by atoms with Crippen LogP contribution < -0.4 is 5.73 Å². The van der Waals surface area contributed by atoms with E-state index in [9.17, 15) is 0 Å². The lowest BCUT2D eigenvalue weighted by molar-refractivity contribution is 0.891. The first-order valence-electron chi connectivity index (χ1n) is 4.74. The van der Waals surface area contributed by atoms with Crippen LogP contribution in [0.2, 0.25) is 5.02 Å². The Labute approximate surface area is 98.4 Å². The zero-order valence-electron chi connectivity index (χ0n) is 8.76. The normalized spacial score (nSPS) is 11.1. The number of nitrogen functional groups attached to an aromatic ring is 1. The fraction of sp³-hybridized carbons (Fsp3) is 0.0909. The molecule has 1 aromatic carbocycles. The van der Waals surface area contributed by atoms with E-state index in [1.54, 1.807) is 30.2 Å². The number of benzene rings is 1. The molecule has 82 valence electrons. The van der Waals surface area contributed by atoms with Gasteiger partial charge in [0.05, 0.1) is 22.5 Å². The first-order chi connectivity index (χ1) is 7.74. The Bertz CT molecular complexity index is 531. The highest BCUT2D eigenvalue weighted by Crippen LogP contribution is 2.22. The van der Waals surface area contributed by atoms with Crippen molar-refractivity contribution in [2.75, 3.05) is 12.8 Å². The molecule has 0 aliphatic carbocycles. The van der Waals surface area contributed by atoms with Gasteiger partial charge in [-0.15, -0.1) is 0 Å². The summed E-state index contributed by atoms with van der Waals surface area (Å²) in [6.45, 7) is 0. The predicted molar refractivity (Wildman–Crippen MR) is 66.5 cm³/mol. The topological polar surface area (TPSA) is 56.2 Å². The molecule has 0 atom stereocenters. The number of para-hydroxylation sites is 1. The predicted octanol–water partition coefficient (Wildman–Crippen LogP) is 2.16. The molecular formula is C11H11ClN4. The van der Waals surface area contributed by atoms with Crippen LogP contribution in [0.3, 0.4) is 0 Å². The quantitative estimate of drug-likeness (QED) is 0.810. The van der Waals surface area contributed by atoms with E-state index >= 15 is 0 Å². The van der Waals surface area contributed by atoms with Crippen LogP contribution >= 0.6 is 11.6 Å². The summed E-state index contributed by atoms with van der Waals surface area (Å²) < 4.78 is 1.60. The molecule has 0 radical (unpaired) electrons. The van der Waals surface area contributed by atoms with Crippen LogP contribution in [0.15, 0.2) is 35.5 Å². The number of halogens is 1. The number of rotatable bonds is 2. The molecule has 2 N–H and O–H groups in total. The summed E-state index contributed by atoms with van der Waals surface area (Å²) in [6, 6.07) is 7.40. The first kappa shape index (κ1) is 10.7. The molecule has 0 saturated heterocycles. The molecule has 0 fully saturated rings. The second-order valence-electron chi connectivity index (χ2n) is 3.24. The van der Waals surface area contributed by atoms with Crippen LogP contribution in [-0.4, -0.2) is 23.0 Å². The molecule has 5 heteroatoms. The molecule has 1 heterocycles. The fourth-order valence-electron chi connectivity index (χ4n) is 1.42. The van der Waals surface area contributed by atoms with Crippen LogP contribution in [0.4, 0.5) is 5.82 Å². The molecule has 0 bridgehead atoms. The summed E-state index contributed by atoms with van der Waals surface area (Å²) in [6.07, 6.45) is 3.32. The molecule has 0 unspecified atom stereocenters. The van der Waals surface area contributed by atoms with Crippen molar-refractivity contribution in [3.8, 4) is 5.69 Å². The molecule has 0 aliphatic rings. The molecule has 4 nitrogen and oxygen atoms in total. The van der Waals surface area contributed by atoms with Crippen LogP contribution in [0.1, 0.15) is 5.56 Å². The third-order valence-corrected chi connectivity index (χ3v) is 2.50. The first-order valence-corrected chi connectivity index (χ1v) is 5.12. The van der Waals surface area contributed by atoms with Gasteiger partial charge in [-0.05, 0) is 12.1 Å². The maximum absolute atomic E-state index is 6.07. The summed E-state index contributed by atoms with van der Waals surface area (Å²) in [5.41, 5.74) is 7.48. The molecule has 2 rings (SSSR count). The third kappa shape index (κ3) is 1.79. The average molecular weight is 235 g/mol. The van der Waals surface area contributed by atoms with Crippen molar-refractivity contribution in [3.63, 3.8) is 0 Å². The maximum Gasteiger partial charge on any atom is 0.136 e. The number of hydrogen-bond donors (Lipinski definition) is 1. The average Bonchev–Trinajstić information content (AvgIpc) is 2.62. The number of nitrogens with two attached hydrogens (primary N) is 1. The minimum Gasteiger partial charge on any atom is -0.383 e. The lowest BCUT2D eigenvalue weighted by atomic mass is 10.3. The number of hydrogen-bond acceptors (Lipinski definition) is 3. The SMILES string of the molecule is CN=Cc1cnn(-c2ccccc2Cl)c1N. The van der Waals surface area contributed by atoms with E-state index in [0.29, 0.717) is 10.8 Å². The monoisotopic (exact) mass is 234 g/mol. The summed E-state index contributed by atoms with van der Waals surface area (Å²) in [4.78, 5) is 3.90. The van der Waals surface area contributed by atoms with Crippen molar-refractivity contribution in [3.05, 3.63) is 41.0 Å². The highest BCUT2D eigenvalue weighted by molar-refractivity contribution is 6.32. The van der Waals surface area contributed by atoms with Gasteiger partial charge in [0.15, 0.2) is 0 Å². The van der Waals surface area contributed by atoms with E-state index < -0.39 is 0 Å². The molecular weight excluding hydrogens is 224 g/mol. The van der Waals surface area contributed by atoms with Gasteiger partial charge >= 0.3 is 0 Å². The number of aliphatic imine (C=N–C) groups is 1. The number of aromatic nitrogens is 2. The minimum absolute atomic E-state index is 0.527. The summed E-state index contributed by atoms with van der Waals surface area (Å²) in [5, 5.41) is 4.79. The van der Waals surface area contributed by atoms with Crippen LogP contribution in [0.5, 0.6) is 0 Å². The molecule has 1 aromatic heterocycles. The van der Waals surface area contributed by atoms with E-state index in [4.69, 9.17) is 17.3 Å². The minimum atomic E-state index is 0.527. The molecule has 0 saturated carbocycles. The molecule has 16 heavy (non-hydrogen) atoms. The fourth-order valence-corrected chi connectivity index (χ4v) is 1.64. The van der Waals surface area contributed by atoms with Gasteiger partial charge in [0.25, 0.3) is 0 Å². The van der Waals surface area contributed by atoms with Crippen molar-refractivity contribution in [1.82, 2.24) is 9.78 Å². The second kappa shape index (κ2) is 4.37. The van der Waals surface area contributed by atoms with Crippen molar-refractivity contribution in [2.45, 2.75) is 0 Å². The van der Waals surface area contributed by atoms with Crippen LogP contribution in [0, 0.1) is 0 Å². The van der Waals surface area contributed by atoms with Gasteiger partial charge in [-0.3, -0.25) is 4.99 Å². The molecule has 0 spiro atoms. The van der Waals surface area contributed by atoms with Gasteiger partial charge in [0, 0.05) is 13.3 Å². The largest absolute Gasteiger partial charge is 0.383 e. The standard InChI is InChI=1S/C11H11ClN4/c1-14-6-8-7-15-16(11(8)13)10-5-3-2-4-9(10)12/h2-7H,13H2,1H3. The smallest absolute Gasteiger partial charge is 0.136 e. The van der Waals surface area contributed by atoms with Gasteiger partial charge in [0.1, 0.15) is 5.82 Å². The highest BCUT2D eigenvalue weighted by Gasteiger charge is 2.09. The van der Waals surface area contributed by atoms with Gasteiger partial charge in [0.2, 0.25) is 0 Å². The number of anilines is 1. The van der Waals surface area contributed by atoms with Crippen molar-refractivity contribution < 1.29 is 0 Å². The van der Waals surface area contributed by atoms with E-state index in [1.165, 1.54) is 0 Å². The van der Waals surface area contributed by atoms with Gasteiger partial charge < -0.3 is 5.73 Å². The van der Waals surface area contributed by atoms with Crippen LogP contribution in [-0.2, 0) is 0 Å². The van der Waals surface area contributed by atoms with Crippen molar-refractivity contribution in [1.29, 1.82) is 0 Å². The van der Waals surface area contributed by atoms with Gasteiger partial charge in [-0.25, -0.2) is 4.68 Å². The zero-order chi connectivity index (χ0) is 11.5. The van der Waals surface area contributed by atoms with Gasteiger partial charge in [-0.2, -0.15) is 5.10 Å². The maximum atomic E-state index is 6.07. The summed E-state index contributed by atoms with van der Waals surface area (Å²) in [7, 11) is 1.69. The Hall–Kier alpha value is -1.81. The number of nitrogens with zero attached hydrogens (tertiary/aromatic N) is 3. The molecule has 0 aliphatic heterocycles. The molecule has 2 aromatic rings. The zero-order valence-corrected chi connectivity index (χ0v) is 9.52. The lowest BCUT2D eigenvalue weighted by Crippen LogP contribution is -2.03. The van der Waals surface area contributed by atoms with E-state index in [2.05, 4.69) is 10.1 Å². The summed E-state index contributed by atoms with van der Waals surface area (Å²) in [5.74, 6) is 0.527. The van der Waals surface area contributed by atoms with Crippen molar-refractivity contribution >= 4 is 23.6 Å². The van der Waals surface area contributed by atoms with E-state index in [0.717, 1.165) is 11.3 Å². The summed E-state index contributed by atoms with van der Waals surface area (Å²) >= 11 is 6.07. The van der Waals surface area contributed by atoms with Crippen LogP contribution in [0.25, 0.3) is 5.69 Å².